The van der Waals surface area contributed by atoms with E-state index in [9.17, 15) is 29.1 Å². The second-order valence-corrected chi connectivity index (χ2v) is 13.5. The summed E-state index contributed by atoms with van der Waals surface area (Å²) in [6.45, 7) is 1.83. The second kappa shape index (κ2) is 14.1. The number of rotatable bonds is 10. The summed E-state index contributed by atoms with van der Waals surface area (Å²) < 4.78 is 0.700. The Labute approximate surface area is 271 Å². The lowest BCUT2D eigenvalue weighted by atomic mass is 10.0. The molecule has 12 nitrogen and oxygen atoms in total. The molecule has 3 atom stereocenters. The minimum absolute atomic E-state index is 0.0976. The molecule has 5 rings (SSSR count). The number of hydrogen-bond acceptors (Lipinski definition) is 10. The molecule has 0 radical (unpaired) electrons. The van der Waals surface area contributed by atoms with E-state index in [1.54, 1.807) is 36.4 Å². The van der Waals surface area contributed by atoms with Gasteiger partial charge in [-0.3, -0.25) is 24.2 Å². The highest BCUT2D eigenvalue weighted by atomic mass is 32.2. The molecular formula is C30H28N6O6S3. The maximum absolute atomic E-state index is 13.6. The van der Waals surface area contributed by atoms with E-state index in [-0.39, 0.29) is 5.70 Å². The zero-order valence-electron chi connectivity index (χ0n) is 24.1. The molecule has 45 heavy (non-hydrogen) atoms. The van der Waals surface area contributed by atoms with E-state index in [1.165, 1.54) is 52.9 Å². The average Bonchev–Trinajstić information content (AvgIpc) is 3.48. The zero-order chi connectivity index (χ0) is 32.1. The molecule has 232 valence electrons. The third kappa shape index (κ3) is 7.27. The van der Waals surface area contributed by atoms with Crippen LogP contribution in [0.3, 0.4) is 0 Å². The molecule has 0 aliphatic carbocycles. The molecule has 0 spiro atoms. The van der Waals surface area contributed by atoms with E-state index in [1.807, 2.05) is 37.3 Å². The molecule has 1 saturated heterocycles. The minimum Gasteiger partial charge on any atom is -0.477 e. The normalized spacial score (nSPS) is 18.2. The van der Waals surface area contributed by atoms with Crippen LogP contribution in [0.1, 0.15) is 22.2 Å². The van der Waals surface area contributed by atoms with Crippen molar-refractivity contribution in [3.8, 4) is 0 Å². The van der Waals surface area contributed by atoms with Gasteiger partial charge in [0, 0.05) is 24.6 Å². The van der Waals surface area contributed by atoms with Crippen LogP contribution in [0.2, 0.25) is 0 Å². The maximum Gasteiger partial charge on any atom is 0.352 e. The number of benzene rings is 2. The Morgan fingerprint density at radius 3 is 2.44 bits per heavy atom. The lowest BCUT2D eigenvalue weighted by Gasteiger charge is -2.49. The smallest absolute Gasteiger partial charge is 0.352 e. The molecule has 2 aliphatic heterocycles. The number of β-lactam (4-membered cyclic amide) rings is 1. The Kier molecular flexibility index (Phi) is 10.0. The fourth-order valence-corrected chi connectivity index (χ4v) is 7.93. The number of likely N-dealkylation sites (N-methyl/N-ethyl adjacent to an activating group) is 1. The molecule has 1 unspecified atom stereocenters. The van der Waals surface area contributed by atoms with Gasteiger partial charge >= 0.3 is 12.0 Å². The van der Waals surface area contributed by atoms with Crippen molar-refractivity contribution in [1.82, 2.24) is 30.6 Å². The van der Waals surface area contributed by atoms with Gasteiger partial charge in [-0.1, -0.05) is 83.8 Å². The van der Waals surface area contributed by atoms with Gasteiger partial charge in [0.15, 0.2) is 4.34 Å². The number of carboxylic acids is 1. The molecule has 15 heteroatoms. The second-order valence-electron chi connectivity index (χ2n) is 9.96. The summed E-state index contributed by atoms with van der Waals surface area (Å²) in [6.07, 6.45) is 2.83. The summed E-state index contributed by atoms with van der Waals surface area (Å²) in [6, 6.07) is 14.5. The molecule has 5 amide bonds. The van der Waals surface area contributed by atoms with Gasteiger partial charge in [0.1, 0.15) is 28.2 Å². The number of nitrogens with zero attached hydrogens (tertiary/aromatic N) is 4. The lowest BCUT2D eigenvalue weighted by Crippen LogP contribution is -2.71. The number of fused-ring (bicyclic) bond motifs is 1. The quantitative estimate of drug-likeness (QED) is 0.167. The van der Waals surface area contributed by atoms with Gasteiger partial charge in [0.2, 0.25) is 5.91 Å². The zero-order valence-corrected chi connectivity index (χ0v) is 26.5. The minimum atomic E-state index is -1.24. The SMILES string of the molecule is Cc1nnc(SCC2=C(C(=O)O)N3C(=O)C(NC(=O)[C@H](NC(=O)N(C)C(=O)C=Cc4ccccc4)c4ccccc4)[C@H]3SC2)s1. The third-order valence-electron chi connectivity index (χ3n) is 6.94. The van der Waals surface area contributed by atoms with Crippen LogP contribution < -0.4 is 10.6 Å². The van der Waals surface area contributed by atoms with Crippen molar-refractivity contribution in [2.45, 2.75) is 28.7 Å². The van der Waals surface area contributed by atoms with Crippen molar-refractivity contribution in [2.24, 2.45) is 0 Å². The summed E-state index contributed by atoms with van der Waals surface area (Å²) >= 11 is 4.10. The summed E-state index contributed by atoms with van der Waals surface area (Å²) in [4.78, 5) is 66.9. The molecule has 3 aromatic rings. The predicted molar refractivity (Wildman–Crippen MR) is 171 cm³/mol. The molecule has 1 aromatic heterocycles. The number of imide groups is 1. The summed E-state index contributed by atoms with van der Waals surface area (Å²) in [7, 11) is 1.29. The first-order valence-corrected chi connectivity index (χ1v) is 16.5. The van der Waals surface area contributed by atoms with E-state index in [2.05, 4.69) is 20.8 Å². The molecule has 0 bridgehead atoms. The van der Waals surface area contributed by atoms with Gasteiger partial charge in [-0.2, -0.15) is 0 Å². The van der Waals surface area contributed by atoms with Crippen molar-refractivity contribution < 1.29 is 29.1 Å². The number of aryl methyl sites for hydroxylation is 1. The number of aromatic nitrogens is 2. The van der Waals surface area contributed by atoms with Crippen LogP contribution >= 0.6 is 34.9 Å². The Balaban J connectivity index is 1.27. The molecule has 0 saturated carbocycles. The number of thioether (sulfide) groups is 2. The van der Waals surface area contributed by atoms with Crippen LogP contribution in [0.15, 0.2) is 82.3 Å². The highest BCUT2D eigenvalue weighted by Gasteiger charge is 2.54. The Hall–Kier alpha value is -4.47. The monoisotopic (exact) mass is 664 g/mol. The summed E-state index contributed by atoms with van der Waals surface area (Å²) in [5, 5.41) is 23.5. The van der Waals surface area contributed by atoms with Gasteiger partial charge in [0.25, 0.3) is 11.8 Å². The third-order valence-corrected chi connectivity index (χ3v) is 10.3. The van der Waals surface area contributed by atoms with Crippen molar-refractivity contribution in [2.75, 3.05) is 18.6 Å². The van der Waals surface area contributed by atoms with Crippen LogP contribution in [0.25, 0.3) is 6.08 Å². The average molecular weight is 665 g/mol. The van der Waals surface area contributed by atoms with Gasteiger partial charge in [-0.25, -0.2) is 9.59 Å². The predicted octanol–water partition coefficient (Wildman–Crippen LogP) is 3.30. The molecule has 2 aliphatic rings. The van der Waals surface area contributed by atoms with Crippen molar-refractivity contribution in [3.05, 3.63) is 94.1 Å². The number of urea groups is 1. The number of carboxylic acid groups (broad SMARTS) is 1. The lowest BCUT2D eigenvalue weighted by molar-refractivity contribution is -0.151. The Morgan fingerprint density at radius 2 is 1.80 bits per heavy atom. The van der Waals surface area contributed by atoms with E-state index >= 15 is 0 Å². The van der Waals surface area contributed by atoms with E-state index in [4.69, 9.17) is 0 Å². The highest BCUT2D eigenvalue weighted by molar-refractivity contribution is 8.01. The standard InChI is InChI=1S/C30H28N6O6S3/c1-17-33-34-30(45-17)44-16-20-15-43-27-23(26(39)36(27)24(20)28(40)41)31-25(38)22(19-11-7-4-8-12-19)32-29(42)35(2)21(37)14-13-18-9-5-3-6-10-18/h3-14,22-23,27H,15-16H2,1-2H3,(H,31,38)(H,32,42)(H,40,41)/t22-,23?,27-/m1/s1. The van der Waals surface area contributed by atoms with Gasteiger partial charge in [-0.05, 0) is 29.7 Å². The fourth-order valence-electron chi connectivity index (χ4n) is 4.63. The Morgan fingerprint density at radius 1 is 1.11 bits per heavy atom. The van der Waals surface area contributed by atoms with Crippen LogP contribution in [0.4, 0.5) is 4.79 Å². The van der Waals surface area contributed by atoms with Crippen LogP contribution in [-0.4, -0.2) is 84.8 Å². The van der Waals surface area contributed by atoms with E-state index in [0.29, 0.717) is 27.0 Å². The number of carbonyl (C=O) groups excluding carboxylic acids is 4. The number of carbonyl (C=O) groups is 5. The molecule has 1 fully saturated rings. The highest BCUT2D eigenvalue weighted by Crippen LogP contribution is 2.42. The fraction of sp³-hybridized carbons (Fsp3) is 0.233. The van der Waals surface area contributed by atoms with Gasteiger partial charge < -0.3 is 15.7 Å². The van der Waals surface area contributed by atoms with Crippen molar-refractivity contribution in [3.63, 3.8) is 0 Å². The first-order valence-electron chi connectivity index (χ1n) is 13.6. The van der Waals surface area contributed by atoms with Gasteiger partial charge in [0.05, 0.1) is 0 Å². The van der Waals surface area contributed by atoms with Crippen molar-refractivity contribution >= 4 is 70.7 Å². The largest absolute Gasteiger partial charge is 0.477 e. The number of amides is 5. The molecule has 3 heterocycles. The van der Waals surface area contributed by atoms with Crippen LogP contribution in [-0.2, 0) is 19.2 Å². The molecular weight excluding hydrogens is 637 g/mol. The maximum atomic E-state index is 13.6. The first kappa shape index (κ1) is 31.9. The van der Waals surface area contributed by atoms with Gasteiger partial charge in [-0.15, -0.1) is 22.0 Å². The molecule has 2 aromatic carbocycles. The van der Waals surface area contributed by atoms with Crippen LogP contribution in [0, 0.1) is 6.92 Å². The number of nitrogens with one attached hydrogen (secondary N) is 2. The summed E-state index contributed by atoms with van der Waals surface area (Å²) in [5.41, 5.74) is 1.68. The number of aliphatic carboxylic acids is 1. The Bertz CT molecular complexity index is 1680. The number of hydrogen-bond donors (Lipinski definition) is 3. The van der Waals surface area contributed by atoms with Crippen LogP contribution in [0.5, 0.6) is 0 Å². The summed E-state index contributed by atoms with van der Waals surface area (Å²) in [5.74, 6) is -2.41. The van der Waals surface area contributed by atoms with Crippen molar-refractivity contribution in [1.29, 1.82) is 0 Å². The van der Waals surface area contributed by atoms with E-state index in [0.717, 1.165) is 15.5 Å². The van der Waals surface area contributed by atoms with E-state index < -0.39 is 47.2 Å². The topological polar surface area (TPSA) is 162 Å². The first-order chi connectivity index (χ1) is 21.6. The molecule has 3 N–H and O–H groups in total.